The van der Waals surface area contributed by atoms with E-state index in [1.165, 1.54) is 0 Å². The summed E-state index contributed by atoms with van der Waals surface area (Å²) < 4.78 is 22.4. The zero-order valence-electron chi connectivity index (χ0n) is 21.6. The van der Waals surface area contributed by atoms with Gasteiger partial charge in [-0.1, -0.05) is 18.2 Å². The summed E-state index contributed by atoms with van der Waals surface area (Å²) in [5.41, 5.74) is 0.764. The highest BCUT2D eigenvalue weighted by Gasteiger charge is 2.32. The van der Waals surface area contributed by atoms with Gasteiger partial charge in [0.1, 0.15) is 13.2 Å². The molecule has 0 spiro atoms. The number of fused-ring (bicyclic) bond motifs is 2. The van der Waals surface area contributed by atoms with Crippen LogP contribution in [0.15, 0.2) is 54.0 Å². The number of carbonyl (C=O) groups is 1. The smallest absolute Gasteiger partial charge is 0.223 e. The number of allylic oxidation sites excluding steroid dienone is 5. The van der Waals surface area contributed by atoms with E-state index in [0.29, 0.717) is 56.1 Å². The summed E-state index contributed by atoms with van der Waals surface area (Å²) in [6.07, 6.45) is 11.1. The Morgan fingerprint density at radius 3 is 2.65 bits per heavy atom. The summed E-state index contributed by atoms with van der Waals surface area (Å²) in [5.74, 6) is 4.41. The molecule has 3 unspecified atom stereocenters. The van der Waals surface area contributed by atoms with Gasteiger partial charge in [0.2, 0.25) is 5.91 Å². The molecule has 8 nitrogen and oxygen atoms in total. The highest BCUT2D eigenvalue weighted by molar-refractivity contribution is 5.76. The minimum Gasteiger partial charge on any atom is -0.501 e. The number of likely N-dealkylation sites (tertiary alicyclic amines) is 1. The van der Waals surface area contributed by atoms with Gasteiger partial charge in [0, 0.05) is 32.0 Å². The van der Waals surface area contributed by atoms with Crippen LogP contribution in [0.25, 0.3) is 0 Å². The lowest BCUT2D eigenvalue weighted by atomic mass is 9.77. The number of carbonyl (C=O) groups excluding carboxylic acids is 1. The monoisotopic (exact) mass is 510 g/mol. The average Bonchev–Trinajstić information content (AvgIpc) is 2.90. The molecule has 1 amide bonds. The molecule has 0 radical (unpaired) electrons. The maximum Gasteiger partial charge on any atom is 0.223 e. The van der Waals surface area contributed by atoms with Crippen molar-refractivity contribution in [2.75, 3.05) is 46.6 Å². The van der Waals surface area contributed by atoms with Gasteiger partial charge in [-0.05, 0) is 61.1 Å². The van der Waals surface area contributed by atoms with Crippen molar-refractivity contribution in [3.63, 3.8) is 0 Å². The van der Waals surface area contributed by atoms with Crippen LogP contribution in [0.4, 0.5) is 0 Å². The van der Waals surface area contributed by atoms with Crippen molar-refractivity contribution >= 4 is 5.91 Å². The molecule has 4 atom stereocenters. The molecule has 0 bridgehead atoms. The first-order valence-corrected chi connectivity index (χ1v) is 13.4. The maximum atomic E-state index is 12.9. The molecule has 4 aliphatic rings. The number of rotatable bonds is 11. The molecule has 1 aromatic carbocycles. The summed E-state index contributed by atoms with van der Waals surface area (Å²) in [6, 6.07) is 5.38. The molecular weight excluding hydrogens is 472 g/mol. The number of nitrogens with zero attached hydrogens (tertiary/aromatic N) is 1. The van der Waals surface area contributed by atoms with E-state index in [1.54, 1.807) is 7.11 Å². The Labute approximate surface area is 218 Å². The van der Waals surface area contributed by atoms with Gasteiger partial charge in [-0.15, -0.1) is 0 Å². The van der Waals surface area contributed by atoms with Gasteiger partial charge >= 0.3 is 0 Å². The first kappa shape index (κ1) is 25.7. The van der Waals surface area contributed by atoms with Crippen LogP contribution in [0.2, 0.25) is 0 Å². The van der Waals surface area contributed by atoms with Crippen molar-refractivity contribution in [2.45, 2.75) is 44.2 Å². The van der Waals surface area contributed by atoms with Gasteiger partial charge in [-0.25, -0.2) is 0 Å². The van der Waals surface area contributed by atoms with E-state index in [9.17, 15) is 9.90 Å². The third kappa shape index (κ3) is 6.67. The Balaban J connectivity index is 1.17. The van der Waals surface area contributed by atoms with Crippen molar-refractivity contribution in [3.05, 3.63) is 59.6 Å². The molecule has 2 aliphatic carbocycles. The molecule has 0 aromatic heterocycles. The lowest BCUT2D eigenvalue weighted by Gasteiger charge is -2.42. The highest BCUT2D eigenvalue weighted by atomic mass is 16.6. The number of nitrogens with one attached hydrogen (secondary N) is 1. The van der Waals surface area contributed by atoms with Crippen molar-refractivity contribution in [2.24, 2.45) is 11.8 Å². The molecule has 2 aliphatic heterocycles. The fraction of sp³-hybridized carbons (Fsp3) is 0.552. The van der Waals surface area contributed by atoms with Crippen LogP contribution in [-0.2, 0) is 14.3 Å². The number of methoxy groups -OCH3 is 1. The number of ether oxygens (including phenoxy) is 4. The van der Waals surface area contributed by atoms with E-state index in [4.69, 9.17) is 18.9 Å². The fourth-order valence-corrected chi connectivity index (χ4v) is 5.45. The topological polar surface area (TPSA) is 89.5 Å². The van der Waals surface area contributed by atoms with Crippen LogP contribution in [0, 0.1) is 11.8 Å². The van der Waals surface area contributed by atoms with Crippen LogP contribution in [-0.4, -0.2) is 68.5 Å². The van der Waals surface area contributed by atoms with E-state index in [2.05, 4.69) is 22.4 Å². The quantitative estimate of drug-likeness (QED) is 0.441. The Hall–Kier alpha value is -2.97. The lowest BCUT2D eigenvalue weighted by molar-refractivity contribution is -0.123. The minimum absolute atomic E-state index is 0.0673. The summed E-state index contributed by atoms with van der Waals surface area (Å²) in [7, 11) is 1.67. The summed E-state index contributed by atoms with van der Waals surface area (Å²) in [4.78, 5) is 15.3. The second-order valence-electron chi connectivity index (χ2n) is 10.2. The van der Waals surface area contributed by atoms with E-state index in [1.807, 2.05) is 30.4 Å². The molecule has 1 fully saturated rings. The van der Waals surface area contributed by atoms with Gasteiger partial charge in [0.25, 0.3) is 0 Å². The highest BCUT2D eigenvalue weighted by Crippen LogP contribution is 2.35. The number of hydrogen-bond acceptors (Lipinski definition) is 7. The molecule has 1 aromatic rings. The van der Waals surface area contributed by atoms with Gasteiger partial charge in [-0.2, -0.15) is 0 Å². The molecule has 0 saturated carbocycles. The number of aliphatic hydroxyl groups is 1. The Kier molecular flexibility index (Phi) is 8.36. The SMILES string of the molecule is COC1=CC=C(OCCC(=O)NC(C[C@@H](O)c2ccc3c(c2)OCCO3)CN2CCC3C=CC3C2)CC1. The third-order valence-electron chi connectivity index (χ3n) is 7.66. The van der Waals surface area contributed by atoms with Gasteiger partial charge in [0.05, 0.1) is 37.8 Å². The second-order valence-corrected chi connectivity index (χ2v) is 10.2. The summed E-state index contributed by atoms with van der Waals surface area (Å²) in [6.45, 7) is 4.07. The van der Waals surface area contributed by atoms with Crippen LogP contribution in [0.3, 0.4) is 0 Å². The molecule has 2 N–H and O–H groups in total. The van der Waals surface area contributed by atoms with Crippen LogP contribution >= 0.6 is 0 Å². The average molecular weight is 511 g/mol. The van der Waals surface area contributed by atoms with Crippen LogP contribution in [0.1, 0.15) is 43.8 Å². The Bertz CT molecular complexity index is 1050. The summed E-state index contributed by atoms with van der Waals surface area (Å²) in [5, 5.41) is 14.3. The first-order valence-electron chi connectivity index (χ1n) is 13.4. The van der Waals surface area contributed by atoms with Gasteiger partial charge in [-0.3, -0.25) is 4.79 Å². The Morgan fingerprint density at radius 2 is 1.92 bits per heavy atom. The zero-order chi connectivity index (χ0) is 25.6. The third-order valence-corrected chi connectivity index (χ3v) is 7.66. The Morgan fingerprint density at radius 1 is 1.14 bits per heavy atom. The molecule has 37 heavy (non-hydrogen) atoms. The zero-order valence-corrected chi connectivity index (χ0v) is 21.6. The summed E-state index contributed by atoms with van der Waals surface area (Å²) >= 11 is 0. The fourth-order valence-electron chi connectivity index (χ4n) is 5.45. The van der Waals surface area contributed by atoms with Crippen molar-refractivity contribution in [1.82, 2.24) is 10.2 Å². The normalized spacial score (nSPS) is 24.1. The molecule has 2 heterocycles. The van der Waals surface area contributed by atoms with Crippen molar-refractivity contribution < 1.29 is 28.8 Å². The van der Waals surface area contributed by atoms with E-state index < -0.39 is 6.10 Å². The predicted octanol–water partition coefficient (Wildman–Crippen LogP) is 3.49. The van der Waals surface area contributed by atoms with E-state index >= 15 is 0 Å². The minimum atomic E-state index is -0.729. The number of hydrogen-bond donors (Lipinski definition) is 2. The first-order chi connectivity index (χ1) is 18.1. The molecule has 5 rings (SSSR count). The van der Waals surface area contributed by atoms with Crippen molar-refractivity contribution in [3.8, 4) is 11.5 Å². The molecule has 200 valence electrons. The van der Waals surface area contributed by atoms with E-state index in [-0.39, 0.29) is 18.4 Å². The van der Waals surface area contributed by atoms with Crippen LogP contribution in [0.5, 0.6) is 11.5 Å². The molecular formula is C29H38N2O6. The van der Waals surface area contributed by atoms with Crippen LogP contribution < -0.4 is 14.8 Å². The lowest BCUT2D eigenvalue weighted by Crippen LogP contribution is -2.49. The van der Waals surface area contributed by atoms with Gasteiger partial charge in [0.15, 0.2) is 11.5 Å². The number of amides is 1. The number of benzene rings is 1. The predicted molar refractivity (Wildman–Crippen MR) is 139 cm³/mol. The standard InChI is InChI=1S/C29H38N2O6/c1-34-24-5-7-25(8-6-24)35-13-11-29(33)30-23(19-31-12-10-20-2-3-22(20)18-31)17-26(32)21-4-9-27-28(16-21)37-15-14-36-27/h2-5,7,9,16,20,22-23,26,32H,6,8,10-15,17-19H2,1H3,(H,30,33)/t20?,22?,23?,26-/m1/s1. The van der Waals surface area contributed by atoms with Crippen molar-refractivity contribution in [1.29, 1.82) is 0 Å². The second kappa shape index (κ2) is 12.0. The largest absolute Gasteiger partial charge is 0.501 e. The number of aliphatic hydroxyl groups excluding tert-OH is 1. The van der Waals surface area contributed by atoms with Gasteiger partial charge < -0.3 is 34.3 Å². The molecule has 1 saturated heterocycles. The molecule has 8 heteroatoms. The number of piperidine rings is 1. The van der Waals surface area contributed by atoms with E-state index in [0.717, 1.165) is 49.4 Å². The maximum absolute atomic E-state index is 12.9.